The summed E-state index contributed by atoms with van der Waals surface area (Å²) in [5, 5.41) is 2.54. The highest BCUT2D eigenvalue weighted by Crippen LogP contribution is 2.20. The molecule has 1 amide bonds. The molecule has 0 spiro atoms. The molecule has 1 aromatic carbocycles. The van der Waals surface area contributed by atoms with Crippen LogP contribution in [0.2, 0.25) is 0 Å². The van der Waals surface area contributed by atoms with Crippen molar-refractivity contribution < 1.29 is 31.1 Å². The number of nitrogens with zero attached hydrogens (tertiary/aromatic N) is 2. The third-order valence-electron chi connectivity index (χ3n) is 4.33. The predicted octanol–water partition coefficient (Wildman–Crippen LogP) is 3.38. The maximum absolute atomic E-state index is 12.5. The Labute approximate surface area is 185 Å². The van der Waals surface area contributed by atoms with Crippen molar-refractivity contribution >= 4 is 22.0 Å². The van der Waals surface area contributed by atoms with Crippen molar-refractivity contribution in [3.05, 3.63) is 59.8 Å². The van der Waals surface area contributed by atoms with E-state index in [1.165, 1.54) is 46.9 Å². The number of ether oxygens (including phenoxy) is 1. The summed E-state index contributed by atoms with van der Waals surface area (Å²) in [4.78, 5) is 16.0. The van der Waals surface area contributed by atoms with Crippen LogP contribution in [0.3, 0.4) is 0 Å². The summed E-state index contributed by atoms with van der Waals surface area (Å²) >= 11 is 0. The minimum Gasteiger partial charge on any atom is -0.468 e. The summed E-state index contributed by atoms with van der Waals surface area (Å²) in [7, 11) is -3.56. The van der Waals surface area contributed by atoms with Gasteiger partial charge in [0.15, 0.2) is 6.61 Å². The summed E-state index contributed by atoms with van der Waals surface area (Å²) in [5.41, 5.74) is 0.902. The minimum absolute atomic E-state index is 0.0781. The summed E-state index contributed by atoms with van der Waals surface area (Å²) in [6, 6.07) is 9.09. The van der Waals surface area contributed by atoms with E-state index in [9.17, 15) is 26.4 Å². The smallest absolute Gasteiger partial charge is 0.422 e. The van der Waals surface area contributed by atoms with Gasteiger partial charge in [-0.05, 0) is 29.8 Å². The number of hydrogen-bond acceptors (Lipinski definition) is 5. The van der Waals surface area contributed by atoms with Crippen LogP contribution in [0.25, 0.3) is 6.08 Å². The first-order valence-corrected chi connectivity index (χ1v) is 11.2. The Bertz CT molecular complexity index is 1040. The van der Waals surface area contributed by atoms with Gasteiger partial charge < -0.3 is 10.1 Å². The highest BCUT2D eigenvalue weighted by molar-refractivity contribution is 7.89. The molecule has 174 valence electrons. The van der Waals surface area contributed by atoms with Crippen LogP contribution in [0, 0.1) is 0 Å². The van der Waals surface area contributed by atoms with E-state index in [1.54, 1.807) is 26.0 Å². The Morgan fingerprint density at radius 1 is 1.16 bits per heavy atom. The fourth-order valence-corrected chi connectivity index (χ4v) is 4.17. The number of nitrogens with one attached hydrogen (secondary N) is 1. The molecule has 0 fully saturated rings. The zero-order valence-electron chi connectivity index (χ0n) is 17.6. The largest absolute Gasteiger partial charge is 0.468 e. The highest BCUT2D eigenvalue weighted by atomic mass is 32.2. The normalized spacial score (nSPS) is 12.3. The van der Waals surface area contributed by atoms with Crippen LogP contribution in [0.4, 0.5) is 13.2 Å². The highest BCUT2D eigenvalue weighted by Gasteiger charge is 2.29. The molecule has 32 heavy (non-hydrogen) atoms. The molecule has 1 aromatic heterocycles. The van der Waals surface area contributed by atoms with E-state index in [1.807, 2.05) is 0 Å². The lowest BCUT2D eigenvalue weighted by Gasteiger charge is -2.18. The fraction of sp³-hybridized carbons (Fsp3) is 0.333. The van der Waals surface area contributed by atoms with Crippen LogP contribution in [0.15, 0.2) is 53.6 Å². The molecule has 1 heterocycles. The Hall–Kier alpha value is -2.92. The molecule has 0 bridgehead atoms. The molecule has 0 atom stereocenters. The molecule has 1 N–H and O–H groups in total. The SMILES string of the molecule is CCN(CC)S(=O)(=O)c1ccc(/C=C/C(=O)NCc2cccnc2OCC(F)(F)F)cc1. The lowest BCUT2D eigenvalue weighted by molar-refractivity contribution is -0.154. The lowest BCUT2D eigenvalue weighted by atomic mass is 10.2. The van der Waals surface area contributed by atoms with Crippen molar-refractivity contribution in [2.45, 2.75) is 31.5 Å². The molecule has 2 aromatic rings. The predicted molar refractivity (Wildman–Crippen MR) is 113 cm³/mol. The van der Waals surface area contributed by atoms with Gasteiger partial charge in [-0.25, -0.2) is 13.4 Å². The van der Waals surface area contributed by atoms with Crippen molar-refractivity contribution in [2.24, 2.45) is 0 Å². The average molecular weight is 472 g/mol. The Morgan fingerprint density at radius 2 is 1.81 bits per heavy atom. The van der Waals surface area contributed by atoms with Crippen molar-refractivity contribution in [3.63, 3.8) is 0 Å². The summed E-state index contributed by atoms with van der Waals surface area (Å²) in [5.74, 6) is -0.699. The number of carbonyl (C=O) groups excluding carboxylic acids is 1. The lowest BCUT2D eigenvalue weighted by Crippen LogP contribution is -2.30. The van der Waals surface area contributed by atoms with E-state index in [4.69, 9.17) is 0 Å². The first-order chi connectivity index (χ1) is 15.1. The van der Waals surface area contributed by atoms with Gasteiger partial charge in [0, 0.05) is 37.5 Å². The van der Waals surface area contributed by atoms with E-state index < -0.39 is 28.7 Å². The molecular formula is C21H24F3N3O4S. The molecule has 0 saturated heterocycles. The first-order valence-electron chi connectivity index (χ1n) is 9.76. The van der Waals surface area contributed by atoms with Crippen LogP contribution in [0.5, 0.6) is 5.88 Å². The van der Waals surface area contributed by atoms with Crippen molar-refractivity contribution in [1.29, 1.82) is 0 Å². The number of pyridine rings is 1. The van der Waals surface area contributed by atoms with Crippen molar-refractivity contribution in [2.75, 3.05) is 19.7 Å². The Balaban J connectivity index is 1.98. The third-order valence-corrected chi connectivity index (χ3v) is 6.39. The Morgan fingerprint density at radius 3 is 2.41 bits per heavy atom. The molecule has 0 radical (unpaired) electrons. The molecule has 0 aliphatic rings. The number of hydrogen-bond donors (Lipinski definition) is 1. The maximum Gasteiger partial charge on any atom is 0.422 e. The van der Waals surface area contributed by atoms with Crippen LogP contribution in [0.1, 0.15) is 25.0 Å². The van der Waals surface area contributed by atoms with Crippen molar-refractivity contribution in [3.8, 4) is 5.88 Å². The van der Waals surface area contributed by atoms with Gasteiger partial charge >= 0.3 is 6.18 Å². The van der Waals surface area contributed by atoms with Gasteiger partial charge in [0.2, 0.25) is 21.8 Å². The van der Waals surface area contributed by atoms with Crippen LogP contribution < -0.4 is 10.1 Å². The van der Waals surface area contributed by atoms with E-state index in [0.717, 1.165) is 0 Å². The monoisotopic (exact) mass is 471 g/mol. The van der Waals surface area contributed by atoms with Gasteiger partial charge in [-0.1, -0.05) is 32.0 Å². The molecule has 2 rings (SSSR count). The fourth-order valence-electron chi connectivity index (χ4n) is 2.72. The maximum atomic E-state index is 12.5. The quantitative estimate of drug-likeness (QED) is 0.537. The van der Waals surface area contributed by atoms with Crippen LogP contribution in [-0.2, 0) is 21.4 Å². The van der Waals surface area contributed by atoms with Crippen molar-refractivity contribution in [1.82, 2.24) is 14.6 Å². The second kappa shape index (κ2) is 11.1. The Kier molecular flexibility index (Phi) is 8.79. The molecule has 11 heteroatoms. The average Bonchev–Trinajstić information content (AvgIpc) is 2.75. The van der Waals surface area contributed by atoms with Gasteiger partial charge in [-0.15, -0.1) is 0 Å². The minimum atomic E-state index is -4.50. The van der Waals surface area contributed by atoms with Gasteiger partial charge in [0.25, 0.3) is 0 Å². The second-order valence-corrected chi connectivity index (χ2v) is 8.52. The van der Waals surface area contributed by atoms with E-state index in [0.29, 0.717) is 24.2 Å². The molecule has 0 aliphatic carbocycles. The number of aromatic nitrogens is 1. The number of halogens is 3. The van der Waals surface area contributed by atoms with Crippen LogP contribution in [-0.4, -0.2) is 49.5 Å². The zero-order chi connectivity index (χ0) is 23.8. The molecule has 0 aliphatic heterocycles. The van der Waals surface area contributed by atoms with Gasteiger partial charge in [0.05, 0.1) is 4.90 Å². The molecule has 0 saturated carbocycles. The van der Waals surface area contributed by atoms with Gasteiger partial charge in [-0.3, -0.25) is 4.79 Å². The zero-order valence-corrected chi connectivity index (χ0v) is 18.4. The summed E-state index contributed by atoms with van der Waals surface area (Å²) in [6.45, 7) is 2.68. The second-order valence-electron chi connectivity index (χ2n) is 6.58. The number of carbonyl (C=O) groups is 1. The van der Waals surface area contributed by atoms with Crippen LogP contribution >= 0.6 is 0 Å². The summed E-state index contributed by atoms with van der Waals surface area (Å²) < 4.78 is 68.0. The van der Waals surface area contributed by atoms with E-state index in [2.05, 4.69) is 15.0 Å². The van der Waals surface area contributed by atoms with Gasteiger partial charge in [-0.2, -0.15) is 17.5 Å². The van der Waals surface area contributed by atoms with E-state index in [-0.39, 0.29) is 17.3 Å². The topological polar surface area (TPSA) is 88.6 Å². The third kappa shape index (κ3) is 7.34. The number of alkyl halides is 3. The molecule has 0 unspecified atom stereocenters. The number of sulfonamides is 1. The van der Waals surface area contributed by atoms with Gasteiger partial charge in [0.1, 0.15) is 0 Å². The first kappa shape index (κ1) is 25.3. The number of rotatable bonds is 10. The molecular weight excluding hydrogens is 447 g/mol. The number of amides is 1. The van der Waals surface area contributed by atoms with E-state index >= 15 is 0 Å². The summed E-state index contributed by atoms with van der Waals surface area (Å²) in [6.07, 6.45) is -0.476. The standard InChI is InChI=1S/C21H24F3N3O4S/c1-3-27(4-2)32(29,30)18-10-7-16(8-11-18)9-12-19(28)26-14-17-6-5-13-25-20(17)31-15-21(22,23)24/h5-13H,3-4,14-15H2,1-2H3,(H,26,28)/b12-9+. The molecule has 7 nitrogen and oxygen atoms in total. The number of benzene rings is 1.